The number of ether oxygens (including phenoxy) is 2. The molecule has 0 radical (unpaired) electrons. The van der Waals surface area contributed by atoms with Gasteiger partial charge in [-0.15, -0.1) is 0 Å². The van der Waals surface area contributed by atoms with Crippen molar-refractivity contribution in [2.45, 2.75) is 90.0 Å². The number of likely N-dealkylation sites (tertiary alicyclic amines) is 2. The van der Waals surface area contributed by atoms with Crippen LogP contribution < -0.4 is 0 Å². The molecule has 0 N–H and O–H groups in total. The molecule has 2 amide bonds. The van der Waals surface area contributed by atoms with E-state index in [0.29, 0.717) is 25.9 Å². The Balaban J connectivity index is 0.000000340. The molecule has 2 fully saturated rings. The molecule has 2 aliphatic rings. The molecule has 0 aromatic carbocycles. The van der Waals surface area contributed by atoms with Gasteiger partial charge in [0.15, 0.2) is 0 Å². The number of amides is 2. The number of hydrogen-bond acceptors (Lipinski definition) is 6. The predicted octanol–water partition coefficient (Wildman–Crippen LogP) is 5.29. The average molecular weight is 489 g/mol. The van der Waals surface area contributed by atoms with Gasteiger partial charge in [-0.1, -0.05) is 10.2 Å². The van der Waals surface area contributed by atoms with Crippen molar-refractivity contribution in [3.05, 3.63) is 20.9 Å². The molecule has 0 bridgehead atoms. The Morgan fingerprint density at radius 2 is 1.12 bits per heavy atom. The number of piperidine rings is 2. The highest BCUT2D eigenvalue weighted by Crippen LogP contribution is 2.21. The van der Waals surface area contributed by atoms with Gasteiger partial charge in [0.2, 0.25) is 0 Å². The Morgan fingerprint density at radius 3 is 1.35 bits per heavy atom. The van der Waals surface area contributed by atoms with Crippen molar-refractivity contribution in [1.29, 1.82) is 0 Å². The molecule has 34 heavy (non-hydrogen) atoms. The SMILES string of the molecule is CC(C)(C)OC(=O)N1CC[C@@H](N=[N+]=[N-])[C@@H](F)C1.CC(C)(C)OC(=O)N1CC[C@H](N=[N+]=[N-])[C@H](F)C1. The number of rotatable bonds is 2. The number of nitrogens with zero attached hydrogens (tertiary/aromatic N) is 8. The molecule has 0 spiro atoms. The van der Waals surface area contributed by atoms with Crippen molar-refractivity contribution in [2.24, 2.45) is 10.2 Å². The summed E-state index contributed by atoms with van der Waals surface area (Å²) in [6.45, 7) is 11.1. The molecule has 0 saturated carbocycles. The summed E-state index contributed by atoms with van der Waals surface area (Å²) >= 11 is 0. The van der Waals surface area contributed by atoms with Gasteiger partial charge in [0.05, 0.1) is 25.2 Å². The van der Waals surface area contributed by atoms with Gasteiger partial charge < -0.3 is 19.3 Å². The van der Waals surface area contributed by atoms with Crippen molar-refractivity contribution >= 4 is 12.2 Å². The summed E-state index contributed by atoms with van der Waals surface area (Å²) in [5, 5.41) is 6.72. The molecule has 12 nitrogen and oxygen atoms in total. The van der Waals surface area contributed by atoms with Crippen molar-refractivity contribution in [3.63, 3.8) is 0 Å². The number of carbonyl (C=O) groups excluding carboxylic acids is 2. The van der Waals surface area contributed by atoms with Crippen LogP contribution in [0.4, 0.5) is 18.4 Å². The van der Waals surface area contributed by atoms with Crippen molar-refractivity contribution in [1.82, 2.24) is 9.80 Å². The number of halogens is 2. The first kappa shape index (κ1) is 29.1. The Kier molecular flexibility index (Phi) is 10.7. The second-order valence-corrected chi connectivity index (χ2v) is 10.0. The largest absolute Gasteiger partial charge is 0.444 e. The van der Waals surface area contributed by atoms with Gasteiger partial charge in [-0.2, -0.15) is 0 Å². The van der Waals surface area contributed by atoms with Gasteiger partial charge in [-0.25, -0.2) is 18.4 Å². The molecule has 0 unspecified atom stereocenters. The van der Waals surface area contributed by atoms with E-state index in [0.717, 1.165) is 0 Å². The van der Waals surface area contributed by atoms with Crippen LogP contribution in [-0.2, 0) is 9.47 Å². The Labute approximate surface area is 197 Å². The minimum atomic E-state index is -1.33. The fourth-order valence-corrected chi connectivity index (χ4v) is 3.16. The van der Waals surface area contributed by atoms with E-state index >= 15 is 0 Å². The molecule has 2 saturated heterocycles. The summed E-state index contributed by atoms with van der Waals surface area (Å²) in [5.74, 6) is 0. The zero-order valence-corrected chi connectivity index (χ0v) is 20.5. The smallest absolute Gasteiger partial charge is 0.410 e. The summed E-state index contributed by atoms with van der Waals surface area (Å²) < 4.78 is 37.4. The molecule has 2 aliphatic heterocycles. The van der Waals surface area contributed by atoms with E-state index in [9.17, 15) is 18.4 Å². The highest BCUT2D eigenvalue weighted by atomic mass is 19.1. The van der Waals surface area contributed by atoms with Crippen LogP contribution in [0.1, 0.15) is 54.4 Å². The first-order valence-corrected chi connectivity index (χ1v) is 11.0. The lowest BCUT2D eigenvalue weighted by Crippen LogP contribution is -2.48. The molecule has 0 aromatic heterocycles. The van der Waals surface area contributed by atoms with Gasteiger partial charge in [0, 0.05) is 22.9 Å². The molecule has 0 aromatic rings. The fourth-order valence-electron chi connectivity index (χ4n) is 3.16. The quantitative estimate of drug-likeness (QED) is 0.294. The summed E-state index contributed by atoms with van der Waals surface area (Å²) in [7, 11) is 0. The Hall–Kier alpha value is -2.98. The maximum Gasteiger partial charge on any atom is 0.410 e. The Bertz CT molecular complexity index is 737. The molecular formula is C20H34F2N8O4. The second-order valence-electron chi connectivity index (χ2n) is 10.0. The van der Waals surface area contributed by atoms with Gasteiger partial charge >= 0.3 is 12.2 Å². The molecular weight excluding hydrogens is 454 g/mol. The minimum absolute atomic E-state index is 0.0847. The topological polar surface area (TPSA) is 157 Å². The minimum Gasteiger partial charge on any atom is -0.444 e. The first-order chi connectivity index (χ1) is 15.7. The number of azide groups is 2. The van der Waals surface area contributed by atoms with Crippen LogP contribution in [0, 0.1) is 0 Å². The molecule has 14 heteroatoms. The van der Waals surface area contributed by atoms with Crippen LogP contribution >= 0.6 is 0 Å². The summed E-state index contributed by atoms with van der Waals surface area (Å²) in [6, 6.07) is -1.36. The number of hydrogen-bond donors (Lipinski definition) is 0. The lowest BCUT2D eigenvalue weighted by Gasteiger charge is -2.33. The zero-order valence-electron chi connectivity index (χ0n) is 20.5. The fraction of sp³-hybridized carbons (Fsp3) is 0.900. The van der Waals surface area contributed by atoms with Crippen molar-refractivity contribution in [2.75, 3.05) is 26.2 Å². The van der Waals surface area contributed by atoms with E-state index in [1.54, 1.807) is 41.5 Å². The van der Waals surface area contributed by atoms with E-state index < -0.39 is 47.8 Å². The third-order valence-electron chi connectivity index (χ3n) is 4.72. The highest BCUT2D eigenvalue weighted by molar-refractivity contribution is 5.68. The lowest BCUT2D eigenvalue weighted by molar-refractivity contribution is 0.0108. The summed E-state index contributed by atoms with van der Waals surface area (Å²) in [5.41, 5.74) is 15.3. The van der Waals surface area contributed by atoms with Gasteiger partial charge in [0.1, 0.15) is 23.5 Å². The second kappa shape index (κ2) is 12.5. The van der Waals surface area contributed by atoms with Crippen molar-refractivity contribution in [3.8, 4) is 0 Å². The maximum atomic E-state index is 13.6. The van der Waals surface area contributed by atoms with Crippen LogP contribution in [0.25, 0.3) is 20.9 Å². The van der Waals surface area contributed by atoms with Gasteiger partial charge in [-0.05, 0) is 65.4 Å². The van der Waals surface area contributed by atoms with Crippen LogP contribution in [0.2, 0.25) is 0 Å². The maximum absolute atomic E-state index is 13.6. The van der Waals surface area contributed by atoms with Crippen LogP contribution in [0.3, 0.4) is 0 Å². The summed E-state index contributed by atoms with van der Waals surface area (Å²) in [4.78, 5) is 31.1. The zero-order chi connectivity index (χ0) is 26.1. The number of carbonyl (C=O) groups is 2. The first-order valence-electron chi connectivity index (χ1n) is 11.0. The molecule has 0 aliphatic carbocycles. The third-order valence-corrected chi connectivity index (χ3v) is 4.72. The van der Waals surface area contributed by atoms with Crippen LogP contribution in [-0.4, -0.2) is 83.8 Å². The standard InChI is InChI=1S/2C10H17FN4O2/c2*1-10(2,3)17-9(16)15-5-4-8(13-14-12)7(11)6-15/h2*7-8H,4-6H2,1-3H3/t2*7-,8+/m10/s1. The van der Waals surface area contributed by atoms with E-state index in [1.807, 2.05) is 0 Å². The van der Waals surface area contributed by atoms with E-state index in [4.69, 9.17) is 20.5 Å². The van der Waals surface area contributed by atoms with Gasteiger partial charge in [-0.3, -0.25) is 0 Å². The summed E-state index contributed by atoms with van der Waals surface area (Å²) in [6.07, 6.45) is -3.06. The van der Waals surface area contributed by atoms with E-state index in [1.165, 1.54) is 9.80 Å². The molecule has 4 atom stereocenters. The monoisotopic (exact) mass is 488 g/mol. The van der Waals surface area contributed by atoms with Crippen LogP contribution in [0.5, 0.6) is 0 Å². The van der Waals surface area contributed by atoms with E-state index in [2.05, 4.69) is 20.1 Å². The van der Waals surface area contributed by atoms with Gasteiger partial charge in [0.25, 0.3) is 0 Å². The van der Waals surface area contributed by atoms with Crippen LogP contribution in [0.15, 0.2) is 10.2 Å². The Morgan fingerprint density at radius 1 is 0.794 bits per heavy atom. The highest BCUT2D eigenvalue weighted by Gasteiger charge is 2.34. The molecule has 2 rings (SSSR count). The molecule has 192 valence electrons. The lowest BCUT2D eigenvalue weighted by atomic mass is 10.0. The predicted molar refractivity (Wildman–Crippen MR) is 121 cm³/mol. The normalized spacial score (nSPS) is 25.1. The average Bonchev–Trinajstić information content (AvgIpc) is 2.69. The van der Waals surface area contributed by atoms with E-state index in [-0.39, 0.29) is 13.1 Å². The molecule has 2 heterocycles. The third kappa shape index (κ3) is 10.3. The number of alkyl halides is 2. The van der Waals surface area contributed by atoms with Crippen molar-refractivity contribution < 1.29 is 27.8 Å².